The van der Waals surface area contributed by atoms with Gasteiger partial charge in [0.05, 0.1) is 11.2 Å². The van der Waals surface area contributed by atoms with Crippen molar-refractivity contribution in [1.82, 2.24) is 5.32 Å². The summed E-state index contributed by atoms with van der Waals surface area (Å²) in [5, 5.41) is 3.58. The number of ether oxygens (including phenoxy) is 1. The average molecular weight is 181 g/mol. The summed E-state index contributed by atoms with van der Waals surface area (Å²) in [6, 6.07) is 0.816. The molecule has 3 aliphatic rings. The fourth-order valence-electron chi connectivity index (χ4n) is 2.38. The normalized spacial score (nSPS) is 41.3. The molecule has 1 aliphatic heterocycles. The molecule has 1 atom stereocenters. The Balaban J connectivity index is 1.55. The number of nitrogens with one attached hydrogen (secondary N) is 1. The fourth-order valence-corrected chi connectivity index (χ4v) is 2.38. The first kappa shape index (κ1) is 8.25. The molecule has 1 N–H and O–H groups in total. The van der Waals surface area contributed by atoms with Gasteiger partial charge in [-0.1, -0.05) is 0 Å². The first-order valence-electron chi connectivity index (χ1n) is 5.63. The van der Waals surface area contributed by atoms with Crippen LogP contribution in [0.3, 0.4) is 0 Å². The van der Waals surface area contributed by atoms with Crippen LogP contribution >= 0.6 is 0 Å². The van der Waals surface area contributed by atoms with Crippen molar-refractivity contribution in [2.24, 2.45) is 0 Å². The Kier molecular flexibility index (Phi) is 1.58. The monoisotopic (exact) mass is 181 g/mol. The second-order valence-electron chi connectivity index (χ2n) is 5.39. The van der Waals surface area contributed by atoms with Crippen LogP contribution in [0.25, 0.3) is 0 Å². The SMILES string of the molecule is CC1(CNC2CC2)CCC2(CC2)O1. The molecular weight excluding hydrogens is 162 g/mol. The van der Waals surface area contributed by atoms with Crippen LogP contribution in [0, 0.1) is 0 Å². The summed E-state index contributed by atoms with van der Waals surface area (Å²) in [5.41, 5.74) is 0.499. The molecular formula is C11H19NO. The fraction of sp³-hybridized carbons (Fsp3) is 1.00. The molecule has 1 spiro atoms. The van der Waals surface area contributed by atoms with Gasteiger partial charge in [0.2, 0.25) is 0 Å². The van der Waals surface area contributed by atoms with Crippen LogP contribution < -0.4 is 5.32 Å². The quantitative estimate of drug-likeness (QED) is 0.717. The zero-order chi connectivity index (χ0) is 8.94. The van der Waals surface area contributed by atoms with E-state index >= 15 is 0 Å². The maximum absolute atomic E-state index is 6.16. The highest BCUT2D eigenvalue weighted by Gasteiger charge is 2.54. The molecule has 1 unspecified atom stereocenters. The third-order valence-corrected chi connectivity index (χ3v) is 3.72. The maximum atomic E-state index is 6.16. The Labute approximate surface area is 80.0 Å². The van der Waals surface area contributed by atoms with Gasteiger partial charge < -0.3 is 10.1 Å². The molecule has 0 aromatic rings. The van der Waals surface area contributed by atoms with Gasteiger partial charge in [0.15, 0.2) is 0 Å². The smallest absolute Gasteiger partial charge is 0.0787 e. The first-order chi connectivity index (χ1) is 6.20. The van der Waals surface area contributed by atoms with Gasteiger partial charge in [-0.3, -0.25) is 0 Å². The van der Waals surface area contributed by atoms with Crippen molar-refractivity contribution in [1.29, 1.82) is 0 Å². The summed E-state index contributed by atoms with van der Waals surface area (Å²) in [6.07, 6.45) is 7.93. The van der Waals surface area contributed by atoms with Crippen molar-refractivity contribution in [3.8, 4) is 0 Å². The van der Waals surface area contributed by atoms with Gasteiger partial charge in [0, 0.05) is 12.6 Å². The lowest BCUT2D eigenvalue weighted by molar-refractivity contribution is -0.0408. The van der Waals surface area contributed by atoms with Gasteiger partial charge >= 0.3 is 0 Å². The standard InChI is InChI=1S/C11H19NO/c1-10(8-12-9-2-3-9)4-5-11(13-10)6-7-11/h9,12H,2-8H2,1H3. The van der Waals surface area contributed by atoms with E-state index in [0.717, 1.165) is 12.6 Å². The van der Waals surface area contributed by atoms with E-state index in [0.29, 0.717) is 5.60 Å². The molecule has 0 radical (unpaired) electrons. The van der Waals surface area contributed by atoms with Crippen molar-refractivity contribution >= 4 is 0 Å². The van der Waals surface area contributed by atoms with Crippen LogP contribution in [-0.4, -0.2) is 23.8 Å². The predicted octanol–water partition coefficient (Wildman–Crippen LogP) is 1.84. The van der Waals surface area contributed by atoms with Crippen molar-refractivity contribution in [3.05, 3.63) is 0 Å². The Morgan fingerprint density at radius 1 is 1.23 bits per heavy atom. The molecule has 74 valence electrons. The molecule has 3 rings (SSSR count). The van der Waals surface area contributed by atoms with Gasteiger partial charge in [0.25, 0.3) is 0 Å². The Bertz CT molecular complexity index is 220. The van der Waals surface area contributed by atoms with Crippen molar-refractivity contribution in [2.45, 2.75) is 62.7 Å². The van der Waals surface area contributed by atoms with E-state index in [-0.39, 0.29) is 5.60 Å². The molecule has 0 aromatic heterocycles. The van der Waals surface area contributed by atoms with Gasteiger partial charge in [-0.15, -0.1) is 0 Å². The Morgan fingerprint density at radius 2 is 1.92 bits per heavy atom. The second kappa shape index (κ2) is 2.48. The lowest BCUT2D eigenvalue weighted by Crippen LogP contribution is -2.39. The minimum Gasteiger partial charge on any atom is -0.368 e. The van der Waals surface area contributed by atoms with E-state index in [9.17, 15) is 0 Å². The molecule has 3 fully saturated rings. The molecule has 13 heavy (non-hydrogen) atoms. The first-order valence-corrected chi connectivity index (χ1v) is 5.63. The highest BCUT2D eigenvalue weighted by atomic mass is 16.5. The summed E-state index contributed by atoms with van der Waals surface area (Å²) in [4.78, 5) is 0. The third kappa shape index (κ3) is 1.62. The summed E-state index contributed by atoms with van der Waals surface area (Å²) < 4.78 is 6.16. The number of rotatable bonds is 3. The van der Waals surface area contributed by atoms with Gasteiger partial charge in [-0.2, -0.15) is 0 Å². The van der Waals surface area contributed by atoms with E-state index < -0.39 is 0 Å². The maximum Gasteiger partial charge on any atom is 0.0787 e. The molecule has 2 nitrogen and oxygen atoms in total. The molecule has 0 amide bonds. The third-order valence-electron chi connectivity index (χ3n) is 3.72. The summed E-state index contributed by atoms with van der Waals surface area (Å²) in [5.74, 6) is 0. The molecule has 2 aliphatic carbocycles. The highest BCUT2D eigenvalue weighted by molar-refractivity contribution is 5.05. The molecule has 0 bridgehead atoms. The lowest BCUT2D eigenvalue weighted by Gasteiger charge is -2.25. The lowest BCUT2D eigenvalue weighted by atomic mass is 10.0. The summed E-state index contributed by atoms with van der Waals surface area (Å²) in [7, 11) is 0. The van der Waals surface area contributed by atoms with Crippen LogP contribution in [-0.2, 0) is 4.74 Å². The van der Waals surface area contributed by atoms with E-state index in [1.54, 1.807) is 0 Å². The van der Waals surface area contributed by atoms with Crippen LogP contribution in [0.2, 0.25) is 0 Å². The average Bonchev–Trinajstić information content (AvgIpc) is 2.94. The van der Waals surface area contributed by atoms with E-state index in [4.69, 9.17) is 4.74 Å². The highest BCUT2D eigenvalue weighted by Crippen LogP contribution is 2.52. The number of hydrogen-bond acceptors (Lipinski definition) is 2. The molecule has 2 saturated carbocycles. The van der Waals surface area contributed by atoms with Crippen LogP contribution in [0.5, 0.6) is 0 Å². The van der Waals surface area contributed by atoms with Gasteiger partial charge in [-0.05, 0) is 45.4 Å². The molecule has 1 saturated heterocycles. The largest absolute Gasteiger partial charge is 0.368 e. The number of hydrogen-bond donors (Lipinski definition) is 1. The zero-order valence-electron chi connectivity index (χ0n) is 8.44. The minimum atomic E-state index is 0.152. The van der Waals surface area contributed by atoms with E-state index in [1.165, 1.54) is 38.5 Å². The zero-order valence-corrected chi connectivity index (χ0v) is 8.44. The minimum absolute atomic E-state index is 0.152. The van der Waals surface area contributed by atoms with E-state index in [2.05, 4.69) is 12.2 Å². The van der Waals surface area contributed by atoms with Crippen molar-refractivity contribution < 1.29 is 4.74 Å². The molecule has 2 heteroatoms. The molecule has 1 heterocycles. The van der Waals surface area contributed by atoms with Crippen molar-refractivity contribution in [2.75, 3.05) is 6.54 Å². The summed E-state index contributed by atoms with van der Waals surface area (Å²) >= 11 is 0. The summed E-state index contributed by atoms with van der Waals surface area (Å²) in [6.45, 7) is 3.34. The predicted molar refractivity (Wildman–Crippen MR) is 51.7 cm³/mol. The van der Waals surface area contributed by atoms with Crippen LogP contribution in [0.4, 0.5) is 0 Å². The Morgan fingerprint density at radius 3 is 2.46 bits per heavy atom. The van der Waals surface area contributed by atoms with Gasteiger partial charge in [0.1, 0.15) is 0 Å². The van der Waals surface area contributed by atoms with E-state index in [1.807, 2.05) is 0 Å². The van der Waals surface area contributed by atoms with Crippen LogP contribution in [0.1, 0.15) is 45.4 Å². The van der Waals surface area contributed by atoms with Gasteiger partial charge in [-0.25, -0.2) is 0 Å². The van der Waals surface area contributed by atoms with Crippen molar-refractivity contribution in [3.63, 3.8) is 0 Å². The molecule has 0 aromatic carbocycles. The topological polar surface area (TPSA) is 21.3 Å². The Hall–Kier alpha value is -0.0800. The second-order valence-corrected chi connectivity index (χ2v) is 5.39. The van der Waals surface area contributed by atoms with Crippen LogP contribution in [0.15, 0.2) is 0 Å².